The lowest BCUT2D eigenvalue weighted by atomic mass is 10.0. The van der Waals surface area contributed by atoms with Crippen LogP contribution in [0, 0.1) is 0 Å². The molecule has 0 aliphatic carbocycles. The van der Waals surface area contributed by atoms with Crippen LogP contribution in [0.4, 0.5) is 0 Å². The molecule has 4 heteroatoms. The lowest BCUT2D eigenvalue weighted by Gasteiger charge is -2.41. The van der Waals surface area contributed by atoms with Gasteiger partial charge in [-0.05, 0) is 34.0 Å². The van der Waals surface area contributed by atoms with Crippen molar-refractivity contribution in [3.8, 4) is 0 Å². The Morgan fingerprint density at radius 3 is 2.21 bits per heavy atom. The summed E-state index contributed by atoms with van der Waals surface area (Å²) in [4.78, 5) is 7.52. The quantitative estimate of drug-likeness (QED) is 0.709. The zero-order valence-electron chi connectivity index (χ0n) is 13.7. The van der Waals surface area contributed by atoms with Crippen LogP contribution in [0.1, 0.15) is 27.2 Å². The molecular formula is C15H34N4. The minimum Gasteiger partial charge on any atom is -0.313 e. The van der Waals surface area contributed by atoms with Gasteiger partial charge < -0.3 is 10.2 Å². The fraction of sp³-hybridized carbons (Fsp3) is 1.00. The van der Waals surface area contributed by atoms with E-state index < -0.39 is 0 Å². The van der Waals surface area contributed by atoms with E-state index in [4.69, 9.17) is 0 Å². The molecule has 0 spiro atoms. The normalized spacial score (nSPS) is 21.8. The lowest BCUT2D eigenvalue weighted by molar-refractivity contribution is 0.0816. The average molecular weight is 270 g/mol. The molecule has 2 atom stereocenters. The van der Waals surface area contributed by atoms with E-state index in [9.17, 15) is 0 Å². The van der Waals surface area contributed by atoms with Crippen LogP contribution in [-0.2, 0) is 0 Å². The smallest absolute Gasteiger partial charge is 0.0222 e. The number of nitrogens with zero attached hydrogens (tertiary/aromatic N) is 3. The van der Waals surface area contributed by atoms with E-state index in [1.807, 2.05) is 0 Å². The molecule has 1 aliphatic rings. The predicted molar refractivity (Wildman–Crippen MR) is 83.8 cm³/mol. The van der Waals surface area contributed by atoms with Crippen molar-refractivity contribution in [3.05, 3.63) is 0 Å². The topological polar surface area (TPSA) is 21.8 Å². The molecule has 2 unspecified atom stereocenters. The second-order valence-electron chi connectivity index (χ2n) is 5.99. The summed E-state index contributed by atoms with van der Waals surface area (Å²) in [6, 6.07) is 1.29. The Labute approximate surface area is 120 Å². The van der Waals surface area contributed by atoms with Crippen LogP contribution in [-0.4, -0.2) is 86.7 Å². The lowest BCUT2D eigenvalue weighted by Crippen LogP contribution is -2.55. The molecule has 19 heavy (non-hydrogen) atoms. The van der Waals surface area contributed by atoms with Crippen molar-refractivity contribution in [2.75, 3.05) is 59.9 Å². The summed E-state index contributed by atoms with van der Waals surface area (Å²) in [6.07, 6.45) is 1.22. The van der Waals surface area contributed by atoms with Crippen molar-refractivity contribution in [3.63, 3.8) is 0 Å². The van der Waals surface area contributed by atoms with E-state index >= 15 is 0 Å². The van der Waals surface area contributed by atoms with Gasteiger partial charge in [0.15, 0.2) is 0 Å². The highest BCUT2D eigenvalue weighted by molar-refractivity contribution is 4.83. The first-order valence-electron chi connectivity index (χ1n) is 7.93. The van der Waals surface area contributed by atoms with Crippen molar-refractivity contribution in [1.29, 1.82) is 0 Å². The van der Waals surface area contributed by atoms with Crippen LogP contribution >= 0.6 is 0 Å². The van der Waals surface area contributed by atoms with Gasteiger partial charge in [0, 0.05) is 51.4 Å². The Balaban J connectivity index is 2.31. The van der Waals surface area contributed by atoms with Crippen LogP contribution in [0.25, 0.3) is 0 Å². The SMILES string of the molecule is CCNC(CC)C(C)N1CCN(CCN(C)C)CC1. The minimum atomic E-state index is 0.637. The second-order valence-corrected chi connectivity index (χ2v) is 5.99. The first-order valence-corrected chi connectivity index (χ1v) is 7.93. The van der Waals surface area contributed by atoms with Gasteiger partial charge in [-0.2, -0.15) is 0 Å². The maximum atomic E-state index is 3.62. The maximum absolute atomic E-state index is 3.62. The van der Waals surface area contributed by atoms with E-state index in [2.05, 4.69) is 54.9 Å². The molecule has 0 aromatic rings. The van der Waals surface area contributed by atoms with Gasteiger partial charge in [0.25, 0.3) is 0 Å². The molecule has 1 heterocycles. The molecule has 4 nitrogen and oxygen atoms in total. The van der Waals surface area contributed by atoms with Crippen LogP contribution in [0.2, 0.25) is 0 Å². The predicted octanol–water partition coefficient (Wildman–Crippen LogP) is 0.942. The number of hydrogen-bond acceptors (Lipinski definition) is 4. The van der Waals surface area contributed by atoms with Gasteiger partial charge >= 0.3 is 0 Å². The van der Waals surface area contributed by atoms with E-state index in [-0.39, 0.29) is 0 Å². The summed E-state index contributed by atoms with van der Waals surface area (Å²) in [5.74, 6) is 0. The minimum absolute atomic E-state index is 0.637. The van der Waals surface area contributed by atoms with Crippen molar-refractivity contribution in [2.45, 2.75) is 39.3 Å². The van der Waals surface area contributed by atoms with E-state index in [1.165, 1.54) is 45.7 Å². The molecule has 1 N–H and O–H groups in total. The molecule has 0 aromatic carbocycles. The van der Waals surface area contributed by atoms with Crippen LogP contribution in [0.15, 0.2) is 0 Å². The molecule has 1 fully saturated rings. The molecule has 0 aromatic heterocycles. The Morgan fingerprint density at radius 1 is 1.11 bits per heavy atom. The van der Waals surface area contributed by atoms with Crippen molar-refractivity contribution in [1.82, 2.24) is 20.0 Å². The summed E-state index contributed by atoms with van der Waals surface area (Å²) >= 11 is 0. The van der Waals surface area contributed by atoms with Gasteiger partial charge in [0.2, 0.25) is 0 Å². The Hall–Kier alpha value is -0.160. The largest absolute Gasteiger partial charge is 0.313 e. The summed E-state index contributed by atoms with van der Waals surface area (Å²) in [7, 11) is 4.31. The first kappa shape index (κ1) is 16.9. The number of hydrogen-bond donors (Lipinski definition) is 1. The first-order chi connectivity index (χ1) is 9.08. The molecule has 1 rings (SSSR count). The molecule has 0 radical (unpaired) electrons. The average Bonchev–Trinajstić information content (AvgIpc) is 2.42. The van der Waals surface area contributed by atoms with E-state index in [0.29, 0.717) is 12.1 Å². The van der Waals surface area contributed by atoms with Crippen LogP contribution < -0.4 is 5.32 Å². The van der Waals surface area contributed by atoms with Crippen LogP contribution in [0.5, 0.6) is 0 Å². The van der Waals surface area contributed by atoms with Crippen molar-refractivity contribution in [2.24, 2.45) is 0 Å². The molecule has 1 aliphatic heterocycles. The molecule has 0 saturated carbocycles. The number of rotatable bonds is 8. The number of likely N-dealkylation sites (N-methyl/N-ethyl adjacent to an activating group) is 2. The van der Waals surface area contributed by atoms with Gasteiger partial charge in [-0.15, -0.1) is 0 Å². The highest BCUT2D eigenvalue weighted by atomic mass is 15.3. The Bertz CT molecular complexity index is 224. The molecule has 0 amide bonds. The third kappa shape index (κ3) is 5.78. The highest BCUT2D eigenvalue weighted by Crippen LogP contribution is 2.11. The van der Waals surface area contributed by atoms with Gasteiger partial charge in [0.1, 0.15) is 0 Å². The zero-order chi connectivity index (χ0) is 14.3. The Morgan fingerprint density at radius 2 is 1.74 bits per heavy atom. The standard InChI is InChI=1S/C15H34N4/c1-6-15(16-7-2)14(3)19-12-10-18(11-13-19)9-8-17(4)5/h14-16H,6-13H2,1-5H3. The second kappa shape index (κ2) is 8.90. The molecule has 0 bridgehead atoms. The van der Waals surface area contributed by atoms with Crippen molar-refractivity contribution < 1.29 is 0 Å². The fourth-order valence-corrected chi connectivity index (χ4v) is 2.91. The Kier molecular flexibility index (Phi) is 7.91. The van der Waals surface area contributed by atoms with Gasteiger partial charge in [-0.25, -0.2) is 0 Å². The fourth-order valence-electron chi connectivity index (χ4n) is 2.91. The summed E-state index contributed by atoms with van der Waals surface area (Å²) in [5, 5.41) is 3.62. The zero-order valence-corrected chi connectivity index (χ0v) is 13.7. The third-order valence-corrected chi connectivity index (χ3v) is 4.33. The van der Waals surface area contributed by atoms with Crippen molar-refractivity contribution >= 4 is 0 Å². The number of nitrogens with one attached hydrogen (secondary N) is 1. The summed E-state index contributed by atoms with van der Waals surface area (Å²) in [5.41, 5.74) is 0. The summed E-state index contributed by atoms with van der Waals surface area (Å²) < 4.78 is 0. The molecule has 114 valence electrons. The maximum Gasteiger partial charge on any atom is 0.0222 e. The number of piperazine rings is 1. The summed E-state index contributed by atoms with van der Waals surface area (Å²) in [6.45, 7) is 15.2. The van der Waals surface area contributed by atoms with Gasteiger partial charge in [0.05, 0.1) is 0 Å². The van der Waals surface area contributed by atoms with E-state index in [0.717, 1.165) is 6.54 Å². The molecule has 1 saturated heterocycles. The van der Waals surface area contributed by atoms with E-state index in [1.54, 1.807) is 0 Å². The van der Waals surface area contributed by atoms with Crippen LogP contribution in [0.3, 0.4) is 0 Å². The highest BCUT2D eigenvalue weighted by Gasteiger charge is 2.25. The monoisotopic (exact) mass is 270 g/mol. The van der Waals surface area contributed by atoms with Gasteiger partial charge in [-0.3, -0.25) is 9.80 Å². The molecular weight excluding hydrogens is 236 g/mol. The van der Waals surface area contributed by atoms with Gasteiger partial charge in [-0.1, -0.05) is 13.8 Å². The third-order valence-electron chi connectivity index (χ3n) is 4.33.